The number of aromatic nitrogens is 7. The average Bonchev–Trinajstić information content (AvgIpc) is 3.46. The van der Waals surface area contributed by atoms with Crippen molar-refractivity contribution in [3.8, 4) is 49.1 Å². The van der Waals surface area contributed by atoms with Crippen LogP contribution in [-0.4, -0.2) is 122 Å². The Bertz CT molecular complexity index is 4040. The second-order valence-corrected chi connectivity index (χ2v) is 25.5. The molecule has 85 heavy (non-hydrogen) atoms. The van der Waals surface area contributed by atoms with Crippen LogP contribution in [0.25, 0.3) is 43.4 Å². The first-order valence-electron chi connectivity index (χ1n) is 26.0. The summed E-state index contributed by atoms with van der Waals surface area (Å²) in [4.78, 5) is 131. The molecule has 9 aromatic rings. The van der Waals surface area contributed by atoms with Crippen molar-refractivity contribution in [1.29, 1.82) is 0 Å². The molecule has 1 saturated heterocycles. The van der Waals surface area contributed by atoms with Gasteiger partial charge >= 0.3 is 5.97 Å². The SMILES string of the molecule is Cc1sc2nc1C(=O)C[C@@H]([C@H](OCC(=O)O)c1ccccc1)c1nc(cs1)C(=O)N[C@@H](Cc1ccc(O)cc1)C(=O)N1C[C@H](O)[C@H](C)[C@H]1c1nc(cs1)-c1nc(cs1)-c1nc(-c3nc(C(N)=O)cs3)ccc1-c1nc(cs1)C(=O)N[C@H]2CC(N)=O. The number of ether oxygens (including phenoxy) is 1. The van der Waals surface area contributed by atoms with E-state index in [1.54, 1.807) is 79.2 Å². The zero-order chi connectivity index (χ0) is 59.8. The summed E-state index contributed by atoms with van der Waals surface area (Å²) < 4.78 is 6.07. The van der Waals surface area contributed by atoms with E-state index in [4.69, 9.17) is 46.1 Å². The summed E-state index contributed by atoms with van der Waals surface area (Å²) in [6.07, 6.45) is -2.96. The van der Waals surface area contributed by atoms with Gasteiger partial charge in [0.25, 0.3) is 17.7 Å². The number of phenolic OH excluding ortho intramolecular Hbond substituents is 1. The first-order valence-corrected chi connectivity index (χ1v) is 31.2. The number of aliphatic hydroxyl groups excluding tert-OH is 1. The number of carbonyl (C=O) groups excluding carboxylic acids is 6. The number of carboxylic acids is 1. The monoisotopic (exact) mass is 1260 g/mol. The van der Waals surface area contributed by atoms with Gasteiger partial charge in [0.2, 0.25) is 11.8 Å². The molecule has 29 heteroatoms. The number of ketones is 1. The van der Waals surface area contributed by atoms with Crippen LogP contribution in [0.2, 0.25) is 0 Å². The third-order valence-corrected chi connectivity index (χ3v) is 19.7. The van der Waals surface area contributed by atoms with Crippen molar-refractivity contribution in [1.82, 2.24) is 50.4 Å². The van der Waals surface area contributed by atoms with Gasteiger partial charge in [0.15, 0.2) is 5.78 Å². The number of aromatic hydroxyl groups is 1. The number of hydrogen-bond donors (Lipinski definition) is 7. The highest BCUT2D eigenvalue weighted by molar-refractivity contribution is 7.15. The van der Waals surface area contributed by atoms with Crippen molar-refractivity contribution in [3.05, 3.63) is 147 Å². The third kappa shape index (κ3) is 12.5. The van der Waals surface area contributed by atoms with Gasteiger partial charge in [-0.25, -0.2) is 39.7 Å². The molecule has 7 aromatic heterocycles. The summed E-state index contributed by atoms with van der Waals surface area (Å²) in [5, 5.41) is 47.4. The van der Waals surface area contributed by atoms with Crippen molar-refractivity contribution >= 4 is 109 Å². The Morgan fingerprint density at radius 3 is 2.08 bits per heavy atom. The minimum atomic E-state index is -1.29. The maximum absolute atomic E-state index is 15.2. The van der Waals surface area contributed by atoms with Gasteiger partial charge in [0.1, 0.15) is 83.3 Å². The van der Waals surface area contributed by atoms with Crippen molar-refractivity contribution in [3.63, 3.8) is 0 Å². The molecule has 0 spiro atoms. The summed E-state index contributed by atoms with van der Waals surface area (Å²) in [7, 11) is 0. The van der Waals surface area contributed by atoms with Crippen LogP contribution in [0, 0.1) is 12.8 Å². The first-order chi connectivity index (χ1) is 40.8. The largest absolute Gasteiger partial charge is 0.508 e. The first kappa shape index (κ1) is 58.4. The molecule has 0 aliphatic carbocycles. The summed E-state index contributed by atoms with van der Waals surface area (Å²) in [5.41, 5.74) is 14.3. The minimum absolute atomic E-state index is 0.0155. The highest BCUT2D eigenvalue weighted by Gasteiger charge is 2.46. The van der Waals surface area contributed by atoms with Crippen LogP contribution in [0.15, 0.2) is 93.6 Å². The molecular formula is C56H48N12O11S6. The standard InChI is InChI=1S/C56H48N12O11S6/c1-24-40(71)17-68-45(24)55-66-38(23-84-55)53-62-34(19-82-53)44-29(12-13-31(59-44)52-63-35(20-83-52)47(58)75)50-64-36(21-80-50)48(76)60-32(16-41(57)72)54-67-43(25(2)85-54)39(70)15-30(46(79-18-42(73)74)27-6-4-3-5-7-27)51-65-37(22-81-51)49(77)61-33(56(68)78)14-26-8-10-28(69)11-9-26/h3-13,19-24,30,32-33,40,45-46,69,71H,14-18H2,1-2H3,(H2,57,72)(H2,58,75)(H,60,76)(H,61,77)(H,73,74)/t24-,30-,32-,33-,40-,45-,46+/m0/s1. The van der Waals surface area contributed by atoms with Crippen LogP contribution in [0.5, 0.6) is 5.75 Å². The van der Waals surface area contributed by atoms with Crippen LogP contribution >= 0.6 is 68.0 Å². The van der Waals surface area contributed by atoms with E-state index in [0.717, 1.165) is 45.3 Å². The topological polar surface area (TPSA) is 359 Å². The number of benzene rings is 2. The molecular weight excluding hydrogens is 1210 g/mol. The number of rotatable bonds is 11. The number of aliphatic hydroxyl groups is 1. The lowest BCUT2D eigenvalue weighted by Gasteiger charge is -2.29. The van der Waals surface area contributed by atoms with Gasteiger partial charge in [-0.15, -0.1) is 68.0 Å². The molecule has 9 N–H and O–H groups in total. The number of carboxylic acid groups (broad SMARTS) is 1. The molecule has 0 saturated carbocycles. The van der Waals surface area contributed by atoms with Gasteiger partial charge < -0.3 is 47.1 Å². The van der Waals surface area contributed by atoms with Crippen LogP contribution in [0.4, 0.5) is 0 Å². The molecule has 0 radical (unpaired) electrons. The van der Waals surface area contributed by atoms with Gasteiger partial charge in [-0.3, -0.25) is 28.8 Å². The van der Waals surface area contributed by atoms with Crippen LogP contribution in [0.3, 0.4) is 0 Å². The van der Waals surface area contributed by atoms with Crippen molar-refractivity contribution in [2.45, 2.75) is 69.4 Å². The van der Waals surface area contributed by atoms with Gasteiger partial charge in [0.05, 0.1) is 41.4 Å². The summed E-state index contributed by atoms with van der Waals surface area (Å²) in [6.45, 7) is 2.58. The fourth-order valence-corrected chi connectivity index (χ4v) is 15.3. The highest BCUT2D eigenvalue weighted by atomic mass is 32.1. The predicted octanol–water partition coefficient (Wildman–Crippen LogP) is 7.38. The molecule has 0 unspecified atom stereocenters. The lowest BCUT2D eigenvalue weighted by molar-refractivity contribution is -0.145. The molecule has 10 bridgehead atoms. The maximum Gasteiger partial charge on any atom is 0.329 e. The van der Waals surface area contributed by atoms with Crippen molar-refractivity contribution in [2.75, 3.05) is 13.2 Å². The van der Waals surface area contributed by atoms with E-state index in [9.17, 15) is 44.1 Å². The summed E-state index contributed by atoms with van der Waals surface area (Å²) in [5.74, 6) is -6.91. The molecule has 9 heterocycles. The Morgan fingerprint density at radius 2 is 1.35 bits per heavy atom. The number of aryl methyl sites for hydroxylation is 1. The number of amides is 5. The van der Waals surface area contributed by atoms with E-state index in [-0.39, 0.29) is 57.9 Å². The van der Waals surface area contributed by atoms with Crippen LogP contribution < -0.4 is 22.1 Å². The van der Waals surface area contributed by atoms with Crippen molar-refractivity contribution < 1.29 is 53.6 Å². The number of thiazole rings is 6. The number of nitrogens with two attached hydrogens (primary N) is 2. The Hall–Kier alpha value is -8.42. The molecule has 7 atom stereocenters. The Morgan fingerprint density at radius 1 is 0.706 bits per heavy atom. The summed E-state index contributed by atoms with van der Waals surface area (Å²) in [6, 6.07) is 15.0. The minimum Gasteiger partial charge on any atom is -0.508 e. The van der Waals surface area contributed by atoms with E-state index in [0.29, 0.717) is 64.4 Å². The Kier molecular flexibility index (Phi) is 16.9. The Labute approximate surface area is 506 Å². The van der Waals surface area contributed by atoms with Gasteiger partial charge in [-0.05, 0) is 42.3 Å². The van der Waals surface area contributed by atoms with Crippen molar-refractivity contribution in [2.24, 2.45) is 17.4 Å². The molecule has 5 amide bonds. The average molecular weight is 1260 g/mol. The van der Waals surface area contributed by atoms with E-state index in [1.165, 1.54) is 55.8 Å². The number of carbonyl (C=O) groups is 7. The molecule has 23 nitrogen and oxygen atoms in total. The van der Waals surface area contributed by atoms with Crippen LogP contribution in [0.1, 0.15) is 117 Å². The zero-order valence-corrected chi connectivity index (χ0v) is 49.5. The Balaban J connectivity index is 1.03. The fourth-order valence-electron chi connectivity index (χ4n) is 9.92. The van der Waals surface area contributed by atoms with Crippen LogP contribution in [-0.2, 0) is 25.5 Å². The number of primary amides is 2. The van der Waals surface area contributed by atoms with Gasteiger partial charge in [-0.2, -0.15) is 0 Å². The smallest absolute Gasteiger partial charge is 0.329 e. The number of nitrogens with zero attached hydrogens (tertiary/aromatic N) is 8. The molecule has 2 aliphatic heterocycles. The summed E-state index contributed by atoms with van der Waals surface area (Å²) >= 11 is 6.89. The lowest BCUT2D eigenvalue weighted by atomic mass is 9.90. The van der Waals surface area contributed by atoms with E-state index in [2.05, 4.69) is 15.6 Å². The van der Waals surface area contributed by atoms with Gasteiger partial charge in [0, 0.05) is 68.6 Å². The van der Waals surface area contributed by atoms with E-state index >= 15 is 4.79 Å². The predicted molar refractivity (Wildman–Crippen MR) is 317 cm³/mol. The number of nitrogens with one attached hydrogen (secondary N) is 2. The fraction of sp³-hybridized carbons (Fsp3) is 0.250. The molecule has 2 aliphatic rings. The number of phenols is 1. The van der Waals surface area contributed by atoms with E-state index in [1.807, 2.05) is 0 Å². The number of aliphatic carboxylic acids is 1. The molecule has 434 valence electrons. The molecule has 11 rings (SSSR count). The number of fused-ring (bicyclic) bond motifs is 16. The maximum atomic E-state index is 15.2. The van der Waals surface area contributed by atoms with E-state index < -0.39 is 96.5 Å². The normalized spacial score (nSPS) is 19.6. The second-order valence-electron chi connectivity index (χ2n) is 19.9. The quantitative estimate of drug-likeness (QED) is 0.0664. The molecule has 1 fully saturated rings. The zero-order valence-electron chi connectivity index (χ0n) is 44.6. The third-order valence-electron chi connectivity index (χ3n) is 14.1. The lowest BCUT2D eigenvalue weighted by Crippen LogP contribution is -2.50. The second kappa shape index (κ2) is 24.7. The van der Waals surface area contributed by atoms with Gasteiger partial charge in [-0.1, -0.05) is 49.4 Å². The highest BCUT2D eigenvalue weighted by Crippen LogP contribution is 2.44. The number of hydrogen-bond acceptors (Lipinski definition) is 23. The molecule has 2 aromatic carbocycles. The number of Topliss-reactive ketones (excluding diaryl/α,β-unsaturated/α-hetero) is 1. The number of pyridine rings is 1.